The molecule has 1 unspecified atom stereocenters. The van der Waals surface area contributed by atoms with Crippen molar-refractivity contribution in [1.29, 1.82) is 0 Å². The Bertz CT molecular complexity index is 1040. The van der Waals surface area contributed by atoms with Crippen LogP contribution in [0.25, 0.3) is 0 Å². The summed E-state index contributed by atoms with van der Waals surface area (Å²) in [6.45, 7) is 0.475. The van der Waals surface area contributed by atoms with Gasteiger partial charge in [-0.15, -0.1) is 0 Å². The lowest BCUT2D eigenvalue weighted by molar-refractivity contribution is -0.270. The molecule has 152 valence electrons. The largest absolute Gasteiger partial charge is 0.872 e. The predicted molar refractivity (Wildman–Crippen MR) is 95.3 cm³/mol. The van der Waals surface area contributed by atoms with Gasteiger partial charge in [0.25, 0.3) is 0 Å². The number of carbonyl (C=O) groups excluding carboxylic acids is 3. The summed E-state index contributed by atoms with van der Waals surface area (Å²) in [4.78, 5) is 36.5. The number of hydrogen-bond donors (Lipinski definition) is 4. The fourth-order valence-corrected chi connectivity index (χ4v) is 3.43. The van der Waals surface area contributed by atoms with Crippen LogP contribution in [0.2, 0.25) is 0 Å². The number of aromatic hydroxyl groups is 3. The van der Waals surface area contributed by atoms with Gasteiger partial charge in [0.05, 0.1) is 18.8 Å². The number of fused-ring (bicyclic) bond motifs is 2. The molecule has 9 heteroatoms. The third kappa shape index (κ3) is 3.36. The lowest BCUT2D eigenvalue weighted by Crippen LogP contribution is -2.24. The van der Waals surface area contributed by atoms with Crippen molar-refractivity contribution in [3.8, 4) is 23.0 Å². The Hall–Kier alpha value is -3.59. The van der Waals surface area contributed by atoms with Crippen LogP contribution in [0.1, 0.15) is 56.7 Å². The number of ketones is 2. The monoisotopic (exact) mass is 401 g/mol. The number of benzene rings is 2. The normalized spacial score (nSPS) is 13.6. The van der Waals surface area contributed by atoms with Gasteiger partial charge in [-0.1, -0.05) is 5.75 Å². The highest BCUT2D eigenvalue weighted by Gasteiger charge is 2.35. The summed E-state index contributed by atoms with van der Waals surface area (Å²) >= 11 is 0. The molecule has 1 atom stereocenters. The van der Waals surface area contributed by atoms with Crippen LogP contribution in [0, 0.1) is 0 Å². The zero-order valence-electron chi connectivity index (χ0n) is 15.3. The van der Waals surface area contributed by atoms with Crippen LogP contribution in [0.5, 0.6) is 23.0 Å². The highest BCUT2D eigenvalue weighted by Crippen LogP contribution is 2.44. The second-order valence-electron chi connectivity index (χ2n) is 6.61. The van der Waals surface area contributed by atoms with E-state index < -0.39 is 64.2 Å². The summed E-state index contributed by atoms with van der Waals surface area (Å²) in [6, 6.07) is 2.81. The van der Waals surface area contributed by atoms with Gasteiger partial charge in [0.2, 0.25) is 0 Å². The molecule has 0 spiro atoms. The van der Waals surface area contributed by atoms with Crippen molar-refractivity contribution in [2.75, 3.05) is 13.2 Å². The second kappa shape index (κ2) is 7.44. The first-order valence-electron chi connectivity index (χ1n) is 8.63. The van der Waals surface area contributed by atoms with Gasteiger partial charge in [-0.25, -0.2) is 0 Å². The molecule has 0 heterocycles. The average Bonchev–Trinajstić information content (AvgIpc) is 2.63. The number of rotatable bonds is 5. The molecule has 4 N–H and O–H groups in total. The van der Waals surface area contributed by atoms with E-state index in [0.29, 0.717) is 0 Å². The first-order valence-corrected chi connectivity index (χ1v) is 8.63. The Morgan fingerprint density at radius 3 is 2.31 bits per heavy atom. The fourth-order valence-electron chi connectivity index (χ4n) is 3.43. The van der Waals surface area contributed by atoms with E-state index in [1.165, 1.54) is 6.92 Å². The van der Waals surface area contributed by atoms with Crippen LogP contribution >= 0.6 is 0 Å². The molecule has 0 saturated carbocycles. The van der Waals surface area contributed by atoms with Crippen LogP contribution in [-0.4, -0.2) is 51.2 Å². The average molecular weight is 401 g/mol. The molecular formula is C20H17O9-. The van der Waals surface area contributed by atoms with Gasteiger partial charge in [0, 0.05) is 35.6 Å². The van der Waals surface area contributed by atoms with Crippen LogP contribution in [0.15, 0.2) is 18.2 Å². The summed E-state index contributed by atoms with van der Waals surface area (Å²) < 4.78 is 4.79. The molecule has 0 saturated heterocycles. The number of phenols is 3. The molecule has 9 nitrogen and oxygen atoms in total. The Morgan fingerprint density at radius 1 is 1.03 bits per heavy atom. The summed E-state index contributed by atoms with van der Waals surface area (Å²) in [5, 5.41) is 52.6. The minimum absolute atomic E-state index is 0.00445. The molecule has 0 aromatic heterocycles. The smallest absolute Gasteiger partial charge is 0.302 e. The van der Waals surface area contributed by atoms with Crippen molar-refractivity contribution < 1.29 is 44.7 Å². The van der Waals surface area contributed by atoms with Gasteiger partial charge in [-0.05, 0) is 24.1 Å². The number of carbonyl (C=O) groups is 3. The molecule has 0 bridgehead atoms. The minimum atomic E-state index is -0.960. The summed E-state index contributed by atoms with van der Waals surface area (Å²) in [5.74, 6) is -5.93. The Labute approximate surface area is 164 Å². The van der Waals surface area contributed by atoms with Crippen molar-refractivity contribution in [3.63, 3.8) is 0 Å². The Balaban J connectivity index is 2.13. The molecular weight excluding hydrogens is 384 g/mol. The van der Waals surface area contributed by atoms with Crippen LogP contribution in [0.3, 0.4) is 0 Å². The zero-order valence-corrected chi connectivity index (χ0v) is 15.3. The fraction of sp³-hybridized carbons (Fsp3) is 0.250. The number of hydrogen-bond acceptors (Lipinski definition) is 9. The molecule has 0 amide bonds. The molecule has 0 fully saturated rings. The first kappa shape index (κ1) is 20.2. The van der Waals surface area contributed by atoms with Gasteiger partial charge >= 0.3 is 5.97 Å². The molecule has 2 aromatic rings. The molecule has 29 heavy (non-hydrogen) atoms. The van der Waals surface area contributed by atoms with E-state index in [-0.39, 0.29) is 29.7 Å². The van der Waals surface area contributed by atoms with Gasteiger partial charge in [0.15, 0.2) is 11.6 Å². The maximum atomic E-state index is 13.0. The molecule has 0 radical (unpaired) electrons. The zero-order chi connectivity index (χ0) is 21.5. The van der Waals surface area contributed by atoms with Crippen LogP contribution < -0.4 is 5.11 Å². The van der Waals surface area contributed by atoms with E-state index in [1.54, 1.807) is 0 Å². The quantitative estimate of drug-likeness (QED) is 0.450. The van der Waals surface area contributed by atoms with E-state index in [9.17, 15) is 39.9 Å². The molecule has 1 aliphatic rings. The lowest BCUT2D eigenvalue weighted by atomic mass is 9.80. The molecule has 1 aliphatic carbocycles. The molecule has 2 aromatic carbocycles. The number of aliphatic hydroxyl groups excluding tert-OH is 1. The van der Waals surface area contributed by atoms with Crippen molar-refractivity contribution in [2.45, 2.75) is 19.3 Å². The van der Waals surface area contributed by atoms with Gasteiger partial charge in [0.1, 0.15) is 17.2 Å². The maximum absolute atomic E-state index is 13.0. The maximum Gasteiger partial charge on any atom is 0.302 e. The van der Waals surface area contributed by atoms with Crippen molar-refractivity contribution in [1.82, 2.24) is 0 Å². The number of esters is 1. The highest BCUT2D eigenvalue weighted by atomic mass is 16.5. The van der Waals surface area contributed by atoms with Crippen molar-refractivity contribution >= 4 is 17.5 Å². The second-order valence-corrected chi connectivity index (χ2v) is 6.61. The van der Waals surface area contributed by atoms with E-state index in [4.69, 9.17) is 4.74 Å². The Kier molecular flexibility index (Phi) is 5.17. The van der Waals surface area contributed by atoms with Crippen LogP contribution in [-0.2, 0) is 9.53 Å². The lowest BCUT2D eigenvalue weighted by Gasteiger charge is -2.29. The number of ether oxygens (including phenoxy) is 1. The van der Waals surface area contributed by atoms with Crippen LogP contribution in [0.4, 0.5) is 0 Å². The van der Waals surface area contributed by atoms with Crippen molar-refractivity contribution in [2.24, 2.45) is 0 Å². The summed E-state index contributed by atoms with van der Waals surface area (Å²) in [6.07, 6.45) is -0.00445. The predicted octanol–water partition coefficient (Wildman–Crippen LogP) is 0.681. The molecule has 3 rings (SSSR count). The number of aliphatic hydroxyl groups is 1. The first-order chi connectivity index (χ1) is 13.7. The van der Waals surface area contributed by atoms with Gasteiger partial charge in [-0.2, -0.15) is 0 Å². The van der Waals surface area contributed by atoms with Gasteiger partial charge < -0.3 is 30.3 Å². The minimum Gasteiger partial charge on any atom is -0.872 e. The molecule has 0 aliphatic heterocycles. The van der Waals surface area contributed by atoms with E-state index in [0.717, 1.165) is 18.2 Å². The SMILES string of the molecule is CC(=O)OCCC(CO)c1c(O)cc2c(c1[O-])C(=O)c1c(O)cc(O)cc1C2=O. The standard InChI is InChI=1S/C20H18O9/c1-8(22)29-3-2-9(7-21)15-14(25)6-12-17(19(15)27)20(28)16-11(18(12)26)4-10(23)5-13(16)24/h4-6,9,21,23-25,27H,2-3,7H2,1H3/p-1. The van der Waals surface area contributed by atoms with Gasteiger partial charge in [-0.3, -0.25) is 14.4 Å². The topological polar surface area (TPSA) is 164 Å². The summed E-state index contributed by atoms with van der Waals surface area (Å²) in [7, 11) is 0. The third-order valence-corrected chi connectivity index (χ3v) is 4.74. The number of phenolic OH excluding ortho intramolecular Hbond substituents is 3. The van der Waals surface area contributed by atoms with E-state index in [2.05, 4.69) is 0 Å². The highest BCUT2D eigenvalue weighted by molar-refractivity contribution is 6.30. The Morgan fingerprint density at radius 2 is 1.69 bits per heavy atom. The summed E-state index contributed by atoms with van der Waals surface area (Å²) in [5.41, 5.74) is -1.91. The van der Waals surface area contributed by atoms with Crippen molar-refractivity contribution in [3.05, 3.63) is 46.0 Å². The van der Waals surface area contributed by atoms with E-state index >= 15 is 0 Å². The third-order valence-electron chi connectivity index (χ3n) is 4.74. The van der Waals surface area contributed by atoms with E-state index in [1.807, 2.05) is 0 Å².